The van der Waals surface area contributed by atoms with Crippen molar-refractivity contribution in [2.24, 2.45) is 0 Å². The number of benzene rings is 1. The number of nitrogens with one attached hydrogen (secondary N) is 1. The third kappa shape index (κ3) is 5.14. The lowest BCUT2D eigenvalue weighted by Gasteiger charge is -2.18. The Morgan fingerprint density at radius 2 is 2.06 bits per heavy atom. The van der Waals surface area contributed by atoms with E-state index in [-0.39, 0.29) is 12.6 Å². The van der Waals surface area contributed by atoms with Crippen LogP contribution in [0, 0.1) is 0 Å². The average Bonchev–Trinajstić information content (AvgIpc) is 2.34. The molecule has 1 aromatic rings. The summed E-state index contributed by atoms with van der Waals surface area (Å²) < 4.78 is 5.64. The van der Waals surface area contributed by atoms with E-state index >= 15 is 0 Å². The predicted octanol–water partition coefficient (Wildman–Crippen LogP) is 1.82. The van der Waals surface area contributed by atoms with Crippen LogP contribution in [0.25, 0.3) is 0 Å². The van der Waals surface area contributed by atoms with Gasteiger partial charge < -0.3 is 15.2 Å². The van der Waals surface area contributed by atoms with E-state index in [2.05, 4.69) is 12.2 Å². The quantitative estimate of drug-likeness (QED) is 0.706. The van der Waals surface area contributed by atoms with E-state index in [1.165, 1.54) is 0 Å². The van der Waals surface area contributed by atoms with Gasteiger partial charge in [0, 0.05) is 12.6 Å². The number of aliphatic hydroxyl groups is 1. The smallest absolute Gasteiger partial charge is 0.119 e. The minimum absolute atomic E-state index is 0.194. The van der Waals surface area contributed by atoms with Crippen molar-refractivity contribution in [3.05, 3.63) is 30.3 Å². The minimum atomic E-state index is 0.194. The van der Waals surface area contributed by atoms with Crippen LogP contribution >= 0.6 is 0 Å². The fourth-order valence-corrected chi connectivity index (χ4v) is 1.46. The molecule has 16 heavy (non-hydrogen) atoms. The maximum Gasteiger partial charge on any atom is 0.119 e. The Morgan fingerprint density at radius 1 is 1.31 bits per heavy atom. The van der Waals surface area contributed by atoms with Crippen LogP contribution in [-0.4, -0.2) is 30.9 Å². The Morgan fingerprint density at radius 3 is 2.69 bits per heavy atom. The number of hydrogen-bond donors (Lipinski definition) is 2. The van der Waals surface area contributed by atoms with Crippen LogP contribution in [0.3, 0.4) is 0 Å². The lowest BCUT2D eigenvalue weighted by atomic mass is 10.2. The largest absolute Gasteiger partial charge is 0.492 e. The summed E-state index contributed by atoms with van der Waals surface area (Å²) in [5, 5.41) is 12.3. The molecule has 0 aromatic heterocycles. The SMILES string of the molecule is CCCNC(CCO)COc1ccccc1. The first-order valence-corrected chi connectivity index (χ1v) is 5.89. The molecule has 0 heterocycles. The van der Waals surface area contributed by atoms with Gasteiger partial charge in [-0.25, -0.2) is 0 Å². The summed E-state index contributed by atoms with van der Waals surface area (Å²) in [5.74, 6) is 0.878. The Hall–Kier alpha value is -1.06. The first-order chi connectivity index (χ1) is 7.86. The van der Waals surface area contributed by atoms with E-state index in [4.69, 9.17) is 9.84 Å². The molecular weight excluding hydrogens is 202 g/mol. The van der Waals surface area contributed by atoms with Gasteiger partial charge in [-0.05, 0) is 31.5 Å². The fraction of sp³-hybridized carbons (Fsp3) is 0.538. The van der Waals surface area contributed by atoms with Crippen LogP contribution < -0.4 is 10.1 Å². The van der Waals surface area contributed by atoms with Gasteiger partial charge in [0.25, 0.3) is 0 Å². The van der Waals surface area contributed by atoms with Gasteiger partial charge in [0.05, 0.1) is 0 Å². The zero-order chi connectivity index (χ0) is 11.6. The van der Waals surface area contributed by atoms with Crippen LogP contribution in [0.1, 0.15) is 19.8 Å². The number of aliphatic hydroxyl groups excluding tert-OH is 1. The van der Waals surface area contributed by atoms with Crippen molar-refractivity contribution in [1.82, 2.24) is 5.32 Å². The second kappa shape index (κ2) is 8.13. The van der Waals surface area contributed by atoms with Gasteiger partial charge in [-0.3, -0.25) is 0 Å². The summed E-state index contributed by atoms with van der Waals surface area (Å²) in [6, 6.07) is 9.98. The van der Waals surface area contributed by atoms with Crippen LogP contribution in [0.15, 0.2) is 30.3 Å². The molecule has 2 N–H and O–H groups in total. The highest BCUT2D eigenvalue weighted by atomic mass is 16.5. The van der Waals surface area contributed by atoms with Crippen LogP contribution in [-0.2, 0) is 0 Å². The van der Waals surface area contributed by atoms with Crippen molar-refractivity contribution in [2.75, 3.05) is 19.8 Å². The van der Waals surface area contributed by atoms with Gasteiger partial charge >= 0.3 is 0 Å². The van der Waals surface area contributed by atoms with Gasteiger partial charge in [-0.2, -0.15) is 0 Å². The minimum Gasteiger partial charge on any atom is -0.492 e. The molecule has 1 aromatic carbocycles. The second-order valence-electron chi connectivity index (χ2n) is 3.79. The summed E-state index contributed by atoms with van der Waals surface area (Å²) in [4.78, 5) is 0. The maximum atomic E-state index is 8.94. The molecule has 0 saturated heterocycles. The first kappa shape index (κ1) is 13.0. The van der Waals surface area contributed by atoms with Crippen molar-refractivity contribution < 1.29 is 9.84 Å². The summed E-state index contributed by atoms with van der Waals surface area (Å²) in [6.07, 6.45) is 1.82. The molecule has 0 fully saturated rings. The third-order valence-corrected chi connectivity index (χ3v) is 2.35. The highest BCUT2D eigenvalue weighted by molar-refractivity contribution is 5.20. The van der Waals surface area contributed by atoms with Crippen LogP contribution in [0.2, 0.25) is 0 Å². The van der Waals surface area contributed by atoms with Gasteiger partial charge in [0.1, 0.15) is 12.4 Å². The molecule has 0 aliphatic heterocycles. The molecule has 1 atom stereocenters. The monoisotopic (exact) mass is 223 g/mol. The van der Waals surface area contributed by atoms with Gasteiger partial charge in [-0.15, -0.1) is 0 Å². The lowest BCUT2D eigenvalue weighted by molar-refractivity contribution is 0.214. The Bertz CT molecular complexity index is 264. The van der Waals surface area contributed by atoms with Crippen molar-refractivity contribution >= 4 is 0 Å². The zero-order valence-electron chi connectivity index (χ0n) is 9.86. The van der Waals surface area contributed by atoms with Crippen molar-refractivity contribution in [3.8, 4) is 5.75 Å². The normalized spacial score (nSPS) is 12.4. The molecule has 0 aliphatic rings. The van der Waals surface area contributed by atoms with Gasteiger partial charge in [0.2, 0.25) is 0 Å². The second-order valence-corrected chi connectivity index (χ2v) is 3.79. The van der Waals surface area contributed by atoms with E-state index in [1.807, 2.05) is 30.3 Å². The molecule has 3 nitrogen and oxygen atoms in total. The highest BCUT2D eigenvalue weighted by Gasteiger charge is 2.07. The van der Waals surface area contributed by atoms with Gasteiger partial charge in [0.15, 0.2) is 0 Å². The molecule has 0 saturated carbocycles. The van der Waals surface area contributed by atoms with Crippen molar-refractivity contribution in [2.45, 2.75) is 25.8 Å². The Kier molecular flexibility index (Phi) is 6.61. The maximum absolute atomic E-state index is 8.94. The summed E-state index contributed by atoms with van der Waals surface area (Å²) >= 11 is 0. The Labute approximate surface area is 97.4 Å². The Balaban J connectivity index is 2.31. The van der Waals surface area contributed by atoms with E-state index < -0.39 is 0 Å². The number of ether oxygens (including phenoxy) is 1. The van der Waals surface area contributed by atoms with Crippen LogP contribution in [0.5, 0.6) is 5.75 Å². The molecule has 0 radical (unpaired) electrons. The van der Waals surface area contributed by atoms with Crippen molar-refractivity contribution in [3.63, 3.8) is 0 Å². The van der Waals surface area contributed by atoms with Gasteiger partial charge in [-0.1, -0.05) is 25.1 Å². The molecule has 0 aliphatic carbocycles. The van der Waals surface area contributed by atoms with Crippen LogP contribution in [0.4, 0.5) is 0 Å². The lowest BCUT2D eigenvalue weighted by Crippen LogP contribution is -2.36. The molecule has 0 spiro atoms. The molecular formula is C13H21NO2. The molecule has 1 unspecified atom stereocenters. The zero-order valence-corrected chi connectivity index (χ0v) is 9.86. The van der Waals surface area contributed by atoms with Crippen molar-refractivity contribution in [1.29, 1.82) is 0 Å². The number of hydrogen-bond acceptors (Lipinski definition) is 3. The summed E-state index contributed by atoms with van der Waals surface area (Å²) in [6.45, 7) is 3.88. The summed E-state index contributed by atoms with van der Waals surface area (Å²) in [5.41, 5.74) is 0. The summed E-state index contributed by atoms with van der Waals surface area (Å²) in [7, 11) is 0. The third-order valence-electron chi connectivity index (χ3n) is 2.35. The highest BCUT2D eigenvalue weighted by Crippen LogP contribution is 2.09. The van der Waals surface area contributed by atoms with E-state index in [0.29, 0.717) is 6.61 Å². The molecule has 3 heteroatoms. The van der Waals surface area contributed by atoms with E-state index in [0.717, 1.165) is 25.1 Å². The van der Waals surface area contributed by atoms with E-state index in [1.54, 1.807) is 0 Å². The average molecular weight is 223 g/mol. The first-order valence-electron chi connectivity index (χ1n) is 5.89. The number of para-hydroxylation sites is 1. The predicted molar refractivity (Wildman–Crippen MR) is 65.7 cm³/mol. The standard InChI is InChI=1S/C13H21NO2/c1-2-9-14-12(8-10-15)11-16-13-6-4-3-5-7-13/h3-7,12,14-15H,2,8-11H2,1H3. The molecule has 0 bridgehead atoms. The fourth-order valence-electron chi connectivity index (χ4n) is 1.46. The molecule has 0 amide bonds. The molecule has 90 valence electrons. The topological polar surface area (TPSA) is 41.5 Å². The van der Waals surface area contributed by atoms with E-state index in [9.17, 15) is 0 Å². The molecule has 1 rings (SSSR count). The number of rotatable bonds is 8.